The van der Waals surface area contributed by atoms with Crippen molar-refractivity contribution >= 4 is 17.5 Å². The van der Waals surface area contributed by atoms with Crippen molar-refractivity contribution in [2.45, 2.75) is 0 Å². The van der Waals surface area contributed by atoms with E-state index >= 15 is 0 Å². The van der Waals surface area contributed by atoms with Crippen molar-refractivity contribution in [3.8, 4) is 23.0 Å². The number of phenols is 1. The number of ketones is 1. The van der Waals surface area contributed by atoms with Gasteiger partial charge in [-0.25, -0.2) is 0 Å². The van der Waals surface area contributed by atoms with E-state index in [-0.39, 0.29) is 11.5 Å². The number of nitro groups is 1. The fourth-order valence-corrected chi connectivity index (χ4v) is 2.47. The first kappa shape index (κ1) is 17.3. The zero-order chi connectivity index (χ0) is 18.7. The van der Waals surface area contributed by atoms with Crippen LogP contribution in [0.3, 0.4) is 0 Å². The minimum Gasteiger partial charge on any atom is -0.500 e. The molecule has 0 atom stereocenters. The Morgan fingerprint density at radius 3 is 2.65 bits per heavy atom. The van der Waals surface area contributed by atoms with Gasteiger partial charge in [-0.15, -0.1) is 0 Å². The number of aromatic hydroxyl groups is 1. The van der Waals surface area contributed by atoms with Gasteiger partial charge in [-0.3, -0.25) is 14.9 Å². The SMILES string of the molecule is COc1cc(/C=C/C(=O)c2ccc3c(c2)OCCO3)cc([N+](=O)[O-])c1O. The van der Waals surface area contributed by atoms with Crippen LogP contribution in [0.15, 0.2) is 36.4 Å². The highest BCUT2D eigenvalue weighted by molar-refractivity contribution is 6.07. The maximum Gasteiger partial charge on any atom is 0.315 e. The van der Waals surface area contributed by atoms with E-state index in [2.05, 4.69) is 0 Å². The molecule has 26 heavy (non-hydrogen) atoms. The lowest BCUT2D eigenvalue weighted by molar-refractivity contribution is -0.386. The number of hydrogen-bond donors (Lipinski definition) is 1. The predicted octanol–water partition coefficient (Wildman–Crippen LogP) is 2.98. The molecule has 1 heterocycles. The fourth-order valence-electron chi connectivity index (χ4n) is 2.47. The van der Waals surface area contributed by atoms with Crippen molar-refractivity contribution in [3.05, 3.63) is 57.6 Å². The van der Waals surface area contributed by atoms with E-state index in [1.807, 2.05) is 0 Å². The lowest BCUT2D eigenvalue weighted by Crippen LogP contribution is -2.15. The van der Waals surface area contributed by atoms with Gasteiger partial charge in [0.15, 0.2) is 23.0 Å². The number of benzene rings is 2. The van der Waals surface area contributed by atoms with Crippen molar-refractivity contribution in [3.63, 3.8) is 0 Å². The molecule has 0 unspecified atom stereocenters. The molecule has 134 valence electrons. The molecule has 3 rings (SSSR count). The standard InChI is InChI=1S/C18H15NO7/c1-24-17-9-11(8-13(18(17)21)19(22)23)2-4-14(20)12-3-5-15-16(10-12)26-7-6-25-15/h2-5,8-10,21H,6-7H2,1H3/b4-2+. The molecule has 2 aromatic carbocycles. The lowest BCUT2D eigenvalue weighted by Gasteiger charge is -2.18. The Balaban J connectivity index is 1.86. The van der Waals surface area contributed by atoms with Crippen molar-refractivity contribution in [1.82, 2.24) is 0 Å². The van der Waals surface area contributed by atoms with E-state index in [0.717, 1.165) is 6.07 Å². The molecule has 0 radical (unpaired) electrons. The van der Waals surface area contributed by atoms with Gasteiger partial charge in [0, 0.05) is 11.6 Å². The normalized spacial score (nSPS) is 12.8. The largest absolute Gasteiger partial charge is 0.500 e. The number of fused-ring (bicyclic) bond motifs is 1. The van der Waals surface area contributed by atoms with Crippen LogP contribution >= 0.6 is 0 Å². The first-order valence-corrected chi connectivity index (χ1v) is 7.67. The number of phenolic OH excluding ortho intramolecular Hbond substituents is 1. The Morgan fingerprint density at radius 2 is 1.96 bits per heavy atom. The maximum atomic E-state index is 12.3. The molecule has 0 bridgehead atoms. The third kappa shape index (κ3) is 3.44. The van der Waals surface area contributed by atoms with Crippen LogP contribution in [0.2, 0.25) is 0 Å². The summed E-state index contributed by atoms with van der Waals surface area (Å²) in [5, 5.41) is 20.8. The molecule has 1 N–H and O–H groups in total. The molecule has 1 aliphatic rings. The number of hydrogen-bond acceptors (Lipinski definition) is 7. The minimum absolute atomic E-state index is 0.0503. The molecule has 0 aromatic heterocycles. The number of ether oxygens (including phenoxy) is 3. The summed E-state index contributed by atoms with van der Waals surface area (Å²) in [6.45, 7) is 0.874. The van der Waals surface area contributed by atoms with Gasteiger partial charge in [-0.05, 0) is 35.9 Å². The Morgan fingerprint density at radius 1 is 1.23 bits per heavy atom. The number of nitro benzene ring substituents is 1. The van der Waals surface area contributed by atoms with Gasteiger partial charge < -0.3 is 19.3 Å². The topological polar surface area (TPSA) is 108 Å². The second-order valence-corrected chi connectivity index (χ2v) is 5.40. The Labute approximate surface area is 148 Å². The summed E-state index contributed by atoms with van der Waals surface area (Å²) in [6.07, 6.45) is 2.69. The van der Waals surface area contributed by atoms with Crippen molar-refractivity contribution in [2.75, 3.05) is 20.3 Å². The van der Waals surface area contributed by atoms with Crippen LogP contribution in [0.5, 0.6) is 23.0 Å². The molecule has 0 spiro atoms. The van der Waals surface area contributed by atoms with Gasteiger partial charge >= 0.3 is 5.69 Å². The van der Waals surface area contributed by atoms with Crippen LogP contribution in [0.25, 0.3) is 6.08 Å². The Hall–Kier alpha value is -3.55. The van der Waals surface area contributed by atoms with E-state index in [9.17, 15) is 20.0 Å². The molecule has 0 saturated carbocycles. The lowest BCUT2D eigenvalue weighted by atomic mass is 10.1. The molecular formula is C18H15NO7. The first-order valence-electron chi connectivity index (χ1n) is 7.67. The summed E-state index contributed by atoms with van der Waals surface area (Å²) in [6, 6.07) is 7.41. The van der Waals surface area contributed by atoms with Gasteiger partial charge in [0.2, 0.25) is 5.75 Å². The van der Waals surface area contributed by atoms with Crippen molar-refractivity contribution in [2.24, 2.45) is 0 Å². The summed E-state index contributed by atoms with van der Waals surface area (Å²) in [5.74, 6) is 0.156. The number of carbonyl (C=O) groups is 1. The molecule has 0 aliphatic carbocycles. The van der Waals surface area contributed by atoms with Gasteiger partial charge in [-0.2, -0.15) is 0 Å². The Bertz CT molecular complexity index is 905. The van der Waals surface area contributed by atoms with Crippen LogP contribution in [0.4, 0.5) is 5.69 Å². The van der Waals surface area contributed by atoms with Gasteiger partial charge in [0.05, 0.1) is 12.0 Å². The van der Waals surface area contributed by atoms with Gasteiger partial charge in [-0.1, -0.05) is 6.08 Å². The van der Waals surface area contributed by atoms with Crippen molar-refractivity contribution in [1.29, 1.82) is 0 Å². The van der Waals surface area contributed by atoms with Gasteiger partial charge in [0.25, 0.3) is 0 Å². The maximum absolute atomic E-state index is 12.3. The second kappa shape index (κ2) is 7.14. The van der Waals surface area contributed by atoms with Crippen LogP contribution < -0.4 is 14.2 Å². The highest BCUT2D eigenvalue weighted by Crippen LogP contribution is 2.37. The molecule has 0 amide bonds. The second-order valence-electron chi connectivity index (χ2n) is 5.40. The zero-order valence-corrected chi connectivity index (χ0v) is 13.8. The molecule has 2 aromatic rings. The minimum atomic E-state index is -0.724. The summed E-state index contributed by atoms with van der Waals surface area (Å²) >= 11 is 0. The third-order valence-corrected chi connectivity index (χ3v) is 3.75. The van der Waals surface area contributed by atoms with E-state index < -0.39 is 16.4 Å². The molecule has 0 saturated heterocycles. The first-order chi connectivity index (χ1) is 12.5. The van der Waals surface area contributed by atoms with E-state index in [1.54, 1.807) is 18.2 Å². The molecule has 8 nitrogen and oxygen atoms in total. The van der Waals surface area contributed by atoms with Crippen LogP contribution in [-0.4, -0.2) is 36.1 Å². The third-order valence-electron chi connectivity index (χ3n) is 3.75. The van der Waals surface area contributed by atoms with Crippen LogP contribution in [-0.2, 0) is 0 Å². The number of nitrogens with zero attached hydrogens (tertiary/aromatic N) is 1. The number of methoxy groups -OCH3 is 1. The van der Waals surface area contributed by atoms with E-state index in [1.165, 1.54) is 25.3 Å². The highest BCUT2D eigenvalue weighted by atomic mass is 16.6. The van der Waals surface area contributed by atoms with Gasteiger partial charge in [0.1, 0.15) is 13.2 Å². The van der Waals surface area contributed by atoms with Crippen molar-refractivity contribution < 1.29 is 29.0 Å². The highest BCUT2D eigenvalue weighted by Gasteiger charge is 2.19. The molecule has 1 aliphatic heterocycles. The van der Waals surface area contributed by atoms with E-state index in [0.29, 0.717) is 35.8 Å². The average Bonchev–Trinajstić information content (AvgIpc) is 2.66. The predicted molar refractivity (Wildman–Crippen MR) is 92.1 cm³/mol. The molecular weight excluding hydrogens is 342 g/mol. The summed E-state index contributed by atoms with van der Waals surface area (Å²) in [7, 11) is 1.28. The summed E-state index contributed by atoms with van der Waals surface area (Å²) < 4.78 is 15.8. The van der Waals surface area contributed by atoms with Crippen LogP contribution in [0.1, 0.15) is 15.9 Å². The summed E-state index contributed by atoms with van der Waals surface area (Å²) in [4.78, 5) is 22.6. The number of allylic oxidation sites excluding steroid dienone is 1. The fraction of sp³-hybridized carbons (Fsp3) is 0.167. The zero-order valence-electron chi connectivity index (χ0n) is 13.8. The quantitative estimate of drug-likeness (QED) is 0.379. The Kier molecular flexibility index (Phi) is 4.74. The summed E-state index contributed by atoms with van der Waals surface area (Å²) in [5.41, 5.74) is 0.235. The number of rotatable bonds is 5. The smallest absolute Gasteiger partial charge is 0.315 e. The van der Waals surface area contributed by atoms with E-state index in [4.69, 9.17) is 14.2 Å². The average molecular weight is 357 g/mol. The molecule has 0 fully saturated rings. The number of carbonyl (C=O) groups excluding carboxylic acids is 1. The van der Waals surface area contributed by atoms with Crippen LogP contribution in [0, 0.1) is 10.1 Å². The monoisotopic (exact) mass is 357 g/mol. The molecule has 8 heteroatoms.